The van der Waals surface area contributed by atoms with E-state index < -0.39 is 0 Å². The van der Waals surface area contributed by atoms with Crippen molar-refractivity contribution in [1.29, 1.82) is 0 Å². The summed E-state index contributed by atoms with van der Waals surface area (Å²) in [6.07, 6.45) is 3.37. The zero-order chi connectivity index (χ0) is 9.97. The monoisotopic (exact) mass is 190 g/mol. The molecule has 1 saturated carbocycles. The standard InChI is InChI=1S/C12H14O2/c13-8-10-3-1-2-4-12(10)9-5-6-11(14)7-9/h1-4,8-9,11,14H,5-7H2. The summed E-state index contributed by atoms with van der Waals surface area (Å²) in [4.78, 5) is 10.8. The van der Waals surface area contributed by atoms with Crippen molar-refractivity contribution in [2.75, 3.05) is 0 Å². The van der Waals surface area contributed by atoms with E-state index in [-0.39, 0.29) is 6.10 Å². The van der Waals surface area contributed by atoms with Gasteiger partial charge in [-0.2, -0.15) is 0 Å². The topological polar surface area (TPSA) is 37.3 Å². The molecule has 1 fully saturated rings. The van der Waals surface area contributed by atoms with E-state index in [4.69, 9.17) is 0 Å². The molecule has 2 heteroatoms. The van der Waals surface area contributed by atoms with Gasteiger partial charge in [-0.1, -0.05) is 24.3 Å². The Kier molecular flexibility index (Phi) is 2.64. The summed E-state index contributed by atoms with van der Waals surface area (Å²) >= 11 is 0. The first-order chi connectivity index (χ1) is 6.81. The van der Waals surface area contributed by atoms with Gasteiger partial charge in [-0.15, -0.1) is 0 Å². The summed E-state index contributed by atoms with van der Waals surface area (Å²) < 4.78 is 0. The third-order valence-electron chi connectivity index (χ3n) is 2.97. The van der Waals surface area contributed by atoms with Crippen LogP contribution in [-0.2, 0) is 0 Å². The molecule has 0 bridgehead atoms. The lowest BCUT2D eigenvalue weighted by Crippen LogP contribution is -2.01. The van der Waals surface area contributed by atoms with E-state index in [2.05, 4.69) is 0 Å². The van der Waals surface area contributed by atoms with Gasteiger partial charge >= 0.3 is 0 Å². The Labute approximate surface area is 83.6 Å². The van der Waals surface area contributed by atoms with Crippen LogP contribution in [0.4, 0.5) is 0 Å². The molecule has 1 aromatic rings. The number of aldehydes is 1. The lowest BCUT2D eigenvalue weighted by molar-refractivity contribution is 0.112. The predicted octanol–water partition coefficient (Wildman–Crippen LogP) is 2.13. The third kappa shape index (κ3) is 1.70. The molecule has 0 aromatic heterocycles. The van der Waals surface area contributed by atoms with Crippen molar-refractivity contribution in [2.24, 2.45) is 0 Å². The number of benzene rings is 1. The molecule has 0 radical (unpaired) electrons. The smallest absolute Gasteiger partial charge is 0.150 e. The molecule has 0 spiro atoms. The van der Waals surface area contributed by atoms with Crippen LogP contribution in [0.1, 0.15) is 41.1 Å². The zero-order valence-corrected chi connectivity index (χ0v) is 8.02. The normalized spacial score (nSPS) is 26.4. The molecule has 0 amide bonds. The second-order valence-corrected chi connectivity index (χ2v) is 3.91. The van der Waals surface area contributed by atoms with Crippen LogP contribution in [0.2, 0.25) is 0 Å². The van der Waals surface area contributed by atoms with Crippen LogP contribution in [-0.4, -0.2) is 17.5 Å². The van der Waals surface area contributed by atoms with E-state index in [0.717, 1.165) is 36.7 Å². The van der Waals surface area contributed by atoms with Crippen LogP contribution in [0.15, 0.2) is 24.3 Å². The number of rotatable bonds is 2. The first-order valence-corrected chi connectivity index (χ1v) is 5.03. The summed E-state index contributed by atoms with van der Waals surface area (Å²) in [5, 5.41) is 9.44. The van der Waals surface area contributed by atoms with Gasteiger partial charge in [-0.05, 0) is 30.7 Å². The second kappa shape index (κ2) is 3.93. The van der Waals surface area contributed by atoms with Crippen molar-refractivity contribution in [1.82, 2.24) is 0 Å². The summed E-state index contributed by atoms with van der Waals surface area (Å²) in [5.41, 5.74) is 1.87. The highest BCUT2D eigenvalue weighted by Gasteiger charge is 2.25. The van der Waals surface area contributed by atoms with Gasteiger partial charge in [-0.3, -0.25) is 4.79 Å². The van der Waals surface area contributed by atoms with E-state index in [1.165, 1.54) is 0 Å². The Hall–Kier alpha value is -1.15. The van der Waals surface area contributed by atoms with Gasteiger partial charge in [0.2, 0.25) is 0 Å². The maximum atomic E-state index is 10.8. The molecule has 2 atom stereocenters. The van der Waals surface area contributed by atoms with Crippen molar-refractivity contribution in [3.8, 4) is 0 Å². The summed E-state index contributed by atoms with van der Waals surface area (Å²) in [7, 11) is 0. The van der Waals surface area contributed by atoms with Gasteiger partial charge in [-0.25, -0.2) is 0 Å². The highest BCUT2D eigenvalue weighted by Crippen LogP contribution is 2.35. The van der Waals surface area contributed by atoms with E-state index in [1.807, 2.05) is 24.3 Å². The quantitative estimate of drug-likeness (QED) is 0.725. The van der Waals surface area contributed by atoms with Gasteiger partial charge in [0.15, 0.2) is 0 Å². The highest BCUT2D eigenvalue weighted by molar-refractivity contribution is 5.77. The zero-order valence-electron chi connectivity index (χ0n) is 8.02. The number of aliphatic hydroxyl groups excluding tert-OH is 1. The molecule has 14 heavy (non-hydrogen) atoms. The van der Waals surface area contributed by atoms with E-state index in [0.29, 0.717) is 5.92 Å². The van der Waals surface area contributed by atoms with Crippen LogP contribution in [0.25, 0.3) is 0 Å². The van der Waals surface area contributed by atoms with Crippen LogP contribution in [0.5, 0.6) is 0 Å². The molecule has 2 rings (SSSR count). The molecule has 1 aromatic carbocycles. The fourth-order valence-electron chi connectivity index (χ4n) is 2.23. The maximum Gasteiger partial charge on any atom is 0.150 e. The number of hydrogen-bond donors (Lipinski definition) is 1. The Balaban J connectivity index is 2.27. The van der Waals surface area contributed by atoms with Crippen LogP contribution >= 0.6 is 0 Å². The Bertz CT molecular complexity index is 333. The van der Waals surface area contributed by atoms with Crippen molar-refractivity contribution in [3.63, 3.8) is 0 Å². The van der Waals surface area contributed by atoms with Crippen LogP contribution < -0.4 is 0 Å². The molecule has 2 nitrogen and oxygen atoms in total. The molecule has 0 saturated heterocycles. The average Bonchev–Trinajstić information content (AvgIpc) is 2.65. The Morgan fingerprint density at radius 3 is 2.71 bits per heavy atom. The molecule has 1 N–H and O–H groups in total. The van der Waals surface area contributed by atoms with Crippen molar-refractivity contribution in [2.45, 2.75) is 31.3 Å². The molecule has 0 heterocycles. The fraction of sp³-hybridized carbons (Fsp3) is 0.417. The van der Waals surface area contributed by atoms with Gasteiger partial charge < -0.3 is 5.11 Å². The van der Waals surface area contributed by atoms with Gasteiger partial charge in [0.05, 0.1) is 6.10 Å². The lowest BCUT2D eigenvalue weighted by Gasteiger charge is -2.11. The predicted molar refractivity (Wildman–Crippen MR) is 54.4 cm³/mol. The summed E-state index contributed by atoms with van der Waals surface area (Å²) in [5.74, 6) is 0.367. The molecule has 0 aliphatic heterocycles. The van der Waals surface area contributed by atoms with Crippen LogP contribution in [0, 0.1) is 0 Å². The summed E-state index contributed by atoms with van der Waals surface area (Å²) in [6.45, 7) is 0. The highest BCUT2D eigenvalue weighted by atomic mass is 16.3. The molecule has 1 aliphatic carbocycles. The SMILES string of the molecule is O=Cc1ccccc1C1CCC(O)C1. The van der Waals surface area contributed by atoms with Crippen molar-refractivity contribution in [3.05, 3.63) is 35.4 Å². The molecular weight excluding hydrogens is 176 g/mol. The van der Waals surface area contributed by atoms with Crippen molar-refractivity contribution >= 4 is 6.29 Å². The van der Waals surface area contributed by atoms with E-state index in [9.17, 15) is 9.90 Å². The molecule has 2 unspecified atom stereocenters. The number of aliphatic hydroxyl groups is 1. The summed E-state index contributed by atoms with van der Waals surface area (Å²) in [6, 6.07) is 7.66. The maximum absolute atomic E-state index is 10.8. The first kappa shape index (κ1) is 9.41. The minimum absolute atomic E-state index is 0.181. The number of carbonyl (C=O) groups is 1. The number of carbonyl (C=O) groups excluding carboxylic acids is 1. The largest absolute Gasteiger partial charge is 0.393 e. The minimum atomic E-state index is -0.181. The van der Waals surface area contributed by atoms with Gasteiger partial charge in [0.1, 0.15) is 6.29 Å². The lowest BCUT2D eigenvalue weighted by atomic mass is 9.93. The molecule has 1 aliphatic rings. The minimum Gasteiger partial charge on any atom is -0.393 e. The third-order valence-corrected chi connectivity index (χ3v) is 2.97. The van der Waals surface area contributed by atoms with Gasteiger partial charge in [0.25, 0.3) is 0 Å². The molecular formula is C12H14O2. The second-order valence-electron chi connectivity index (χ2n) is 3.91. The fourth-order valence-corrected chi connectivity index (χ4v) is 2.23. The van der Waals surface area contributed by atoms with E-state index >= 15 is 0 Å². The number of hydrogen-bond acceptors (Lipinski definition) is 2. The first-order valence-electron chi connectivity index (χ1n) is 5.03. The van der Waals surface area contributed by atoms with Crippen LogP contribution in [0.3, 0.4) is 0 Å². The molecule has 74 valence electrons. The van der Waals surface area contributed by atoms with Gasteiger partial charge in [0, 0.05) is 5.56 Å². The Morgan fingerprint density at radius 2 is 2.07 bits per heavy atom. The van der Waals surface area contributed by atoms with Crippen molar-refractivity contribution < 1.29 is 9.90 Å². The average molecular weight is 190 g/mol. The van der Waals surface area contributed by atoms with E-state index in [1.54, 1.807) is 0 Å². The Morgan fingerprint density at radius 1 is 1.29 bits per heavy atom.